The molecule has 7 heteroatoms. The fourth-order valence-corrected chi connectivity index (χ4v) is 7.63. The van der Waals surface area contributed by atoms with Crippen LogP contribution in [-0.4, -0.2) is 28.5 Å². The molecule has 0 bridgehead atoms. The van der Waals surface area contributed by atoms with Crippen LogP contribution in [0.1, 0.15) is 126 Å². The van der Waals surface area contributed by atoms with Gasteiger partial charge >= 0.3 is 5.97 Å². The van der Waals surface area contributed by atoms with Crippen molar-refractivity contribution in [1.29, 1.82) is 0 Å². The molecule has 3 aliphatic rings. The van der Waals surface area contributed by atoms with Gasteiger partial charge in [-0.3, -0.25) is 10.1 Å². The number of hydrogen-bond acceptors (Lipinski definition) is 4. The summed E-state index contributed by atoms with van der Waals surface area (Å²) in [6.45, 7) is 12.9. The van der Waals surface area contributed by atoms with E-state index in [1.54, 1.807) is 6.07 Å². The lowest BCUT2D eigenvalue weighted by Gasteiger charge is -2.48. The highest BCUT2D eigenvalue weighted by molar-refractivity contribution is 6.34. The zero-order valence-electron chi connectivity index (χ0n) is 25.9. The minimum Gasteiger partial charge on any atom is -0.459 e. The highest BCUT2D eigenvalue weighted by Crippen LogP contribution is 2.58. The first-order valence-electron chi connectivity index (χ1n) is 15.6. The van der Waals surface area contributed by atoms with Crippen LogP contribution in [-0.2, 0) is 9.53 Å². The summed E-state index contributed by atoms with van der Waals surface area (Å²) >= 11 is 12.8. The van der Waals surface area contributed by atoms with Gasteiger partial charge in [-0.15, -0.1) is 0 Å². The molecule has 1 amide bonds. The summed E-state index contributed by atoms with van der Waals surface area (Å²) < 4.78 is 5.43. The van der Waals surface area contributed by atoms with Crippen molar-refractivity contribution < 1.29 is 14.3 Å². The van der Waals surface area contributed by atoms with E-state index in [0.29, 0.717) is 26.9 Å². The molecule has 1 spiro atoms. The lowest BCUT2D eigenvalue weighted by Crippen LogP contribution is -2.56. The zero-order chi connectivity index (χ0) is 30.4. The molecule has 2 aromatic carbocycles. The number of hydrogen-bond donors (Lipinski definition) is 1. The van der Waals surface area contributed by atoms with Crippen LogP contribution in [0.2, 0.25) is 10.0 Å². The number of esters is 1. The van der Waals surface area contributed by atoms with Crippen LogP contribution in [0, 0.1) is 16.7 Å². The Kier molecular flexibility index (Phi) is 8.79. The van der Waals surface area contributed by atoms with Gasteiger partial charge in [-0.2, -0.15) is 0 Å². The van der Waals surface area contributed by atoms with Crippen LogP contribution in [0.25, 0.3) is 0 Å². The van der Waals surface area contributed by atoms with E-state index >= 15 is 0 Å². The van der Waals surface area contributed by atoms with Crippen molar-refractivity contribution >= 4 is 35.1 Å². The molecule has 228 valence electrons. The first-order valence-corrected chi connectivity index (χ1v) is 16.3. The quantitative estimate of drug-likeness (QED) is 0.302. The maximum absolute atomic E-state index is 14.6. The zero-order valence-corrected chi connectivity index (χ0v) is 27.4. The first-order chi connectivity index (χ1) is 19.7. The van der Waals surface area contributed by atoms with Gasteiger partial charge in [0, 0.05) is 10.0 Å². The van der Waals surface area contributed by atoms with Gasteiger partial charge in [-0.1, -0.05) is 63.0 Å². The van der Waals surface area contributed by atoms with Gasteiger partial charge in [0.2, 0.25) is 5.91 Å². The molecule has 2 atom stereocenters. The standard InChI is InChI=1S/C35H46Cl2N2O3/c1-22(2)42-32(41)24-9-7-23(8-10-24)29(13-14-33(3,4)5)39-31(40)30(25-19-27(36)21-28(37)20-25)38-35(39)15-11-26(12-16-35)34(6)17-18-34/h7-10,19-22,26,29-30,38H,11-18H2,1-6H3/t26?,29-,30?,35?/m1/s1. The molecule has 1 aliphatic heterocycles. The number of rotatable bonds is 8. The van der Waals surface area contributed by atoms with Crippen LogP contribution in [0.5, 0.6) is 0 Å². The van der Waals surface area contributed by atoms with E-state index in [0.717, 1.165) is 49.7 Å². The number of ether oxygens (including phenoxy) is 1. The van der Waals surface area contributed by atoms with Crippen molar-refractivity contribution in [3.05, 3.63) is 69.2 Å². The summed E-state index contributed by atoms with van der Waals surface area (Å²) in [7, 11) is 0. The molecule has 0 aromatic heterocycles. The number of benzene rings is 2. The topological polar surface area (TPSA) is 58.6 Å². The fraction of sp³-hybridized carbons (Fsp3) is 0.600. The van der Waals surface area contributed by atoms with E-state index in [2.05, 4.69) is 37.9 Å². The largest absolute Gasteiger partial charge is 0.459 e. The molecule has 1 saturated heterocycles. The van der Waals surface area contributed by atoms with Crippen molar-refractivity contribution in [3.63, 3.8) is 0 Å². The fourth-order valence-electron chi connectivity index (χ4n) is 7.09. The van der Waals surface area contributed by atoms with E-state index in [4.69, 9.17) is 27.9 Å². The summed E-state index contributed by atoms with van der Waals surface area (Å²) in [5.74, 6) is 0.426. The maximum atomic E-state index is 14.6. The number of halogens is 2. The van der Waals surface area contributed by atoms with Crippen LogP contribution >= 0.6 is 23.2 Å². The molecule has 5 rings (SSSR count). The van der Waals surface area contributed by atoms with Crippen LogP contribution in [0.4, 0.5) is 0 Å². The van der Waals surface area contributed by atoms with Gasteiger partial charge in [0.15, 0.2) is 0 Å². The minimum atomic E-state index is -0.522. The van der Waals surface area contributed by atoms with E-state index in [1.807, 2.05) is 50.2 Å². The predicted octanol–water partition coefficient (Wildman–Crippen LogP) is 9.29. The number of amides is 1. The van der Waals surface area contributed by atoms with Gasteiger partial charge in [-0.05, 0) is 123 Å². The van der Waals surface area contributed by atoms with Crippen LogP contribution in [0.15, 0.2) is 42.5 Å². The van der Waals surface area contributed by atoms with E-state index < -0.39 is 11.7 Å². The maximum Gasteiger partial charge on any atom is 0.338 e. The summed E-state index contributed by atoms with van der Waals surface area (Å²) in [5.41, 5.74) is 2.46. The van der Waals surface area contributed by atoms with Crippen LogP contribution < -0.4 is 5.32 Å². The minimum absolute atomic E-state index is 0.0617. The lowest BCUT2D eigenvalue weighted by atomic mass is 9.73. The molecule has 1 heterocycles. The molecule has 3 fully saturated rings. The van der Waals surface area contributed by atoms with E-state index in [1.165, 1.54) is 12.8 Å². The smallest absolute Gasteiger partial charge is 0.338 e. The SMILES string of the molecule is CC(C)OC(=O)c1ccc([C@@H](CCC(C)(C)C)N2C(=O)C(c3cc(Cl)cc(Cl)c3)NC23CCC(C2(C)CC2)CC3)cc1. The lowest BCUT2D eigenvalue weighted by molar-refractivity contribution is -0.137. The highest BCUT2D eigenvalue weighted by atomic mass is 35.5. The Bertz CT molecular complexity index is 1280. The third kappa shape index (κ3) is 6.69. The molecular formula is C35H46Cl2N2O3. The van der Waals surface area contributed by atoms with E-state index in [-0.39, 0.29) is 29.4 Å². The van der Waals surface area contributed by atoms with Crippen molar-refractivity contribution in [2.24, 2.45) is 16.7 Å². The van der Waals surface area contributed by atoms with Crippen molar-refractivity contribution in [3.8, 4) is 0 Å². The molecule has 42 heavy (non-hydrogen) atoms. The highest BCUT2D eigenvalue weighted by Gasteiger charge is 2.57. The second kappa shape index (κ2) is 11.8. The van der Waals surface area contributed by atoms with Gasteiger partial charge in [-0.25, -0.2) is 4.79 Å². The number of nitrogens with one attached hydrogen (secondary N) is 1. The van der Waals surface area contributed by atoms with Crippen molar-refractivity contribution in [2.45, 2.75) is 117 Å². The normalized spacial score (nSPS) is 26.1. The Morgan fingerprint density at radius 2 is 1.62 bits per heavy atom. The van der Waals surface area contributed by atoms with Crippen molar-refractivity contribution in [2.75, 3.05) is 0 Å². The molecule has 1 unspecified atom stereocenters. The third-order valence-corrected chi connectivity index (χ3v) is 10.2. The molecule has 1 N–H and O–H groups in total. The monoisotopic (exact) mass is 612 g/mol. The van der Waals surface area contributed by atoms with Gasteiger partial charge < -0.3 is 9.64 Å². The summed E-state index contributed by atoms with van der Waals surface area (Å²) in [6.07, 6.45) is 8.22. The Hall–Kier alpha value is -2.08. The first kappa shape index (κ1) is 31.3. The van der Waals surface area contributed by atoms with Gasteiger partial charge in [0.25, 0.3) is 0 Å². The molecule has 2 aromatic rings. The summed E-state index contributed by atoms with van der Waals surface area (Å²) in [6, 6.07) is 12.4. The summed E-state index contributed by atoms with van der Waals surface area (Å²) in [5, 5.41) is 4.90. The Morgan fingerprint density at radius 1 is 1.02 bits per heavy atom. The molecule has 5 nitrogen and oxygen atoms in total. The summed E-state index contributed by atoms with van der Waals surface area (Å²) in [4.78, 5) is 29.4. The number of nitrogens with zero attached hydrogens (tertiary/aromatic N) is 1. The van der Waals surface area contributed by atoms with Gasteiger partial charge in [0.1, 0.15) is 6.04 Å². The van der Waals surface area contributed by atoms with E-state index in [9.17, 15) is 9.59 Å². The van der Waals surface area contributed by atoms with Crippen molar-refractivity contribution in [1.82, 2.24) is 10.2 Å². The Balaban J connectivity index is 1.53. The molecule has 2 aliphatic carbocycles. The molecular weight excluding hydrogens is 567 g/mol. The predicted molar refractivity (Wildman–Crippen MR) is 170 cm³/mol. The number of carbonyl (C=O) groups excluding carboxylic acids is 2. The average molecular weight is 614 g/mol. The molecule has 0 radical (unpaired) electrons. The molecule has 2 saturated carbocycles. The number of carbonyl (C=O) groups is 2. The Labute approximate surface area is 261 Å². The van der Waals surface area contributed by atoms with Crippen LogP contribution in [0.3, 0.4) is 0 Å². The average Bonchev–Trinajstić information content (AvgIpc) is 3.60. The Morgan fingerprint density at radius 3 is 2.14 bits per heavy atom. The third-order valence-electron chi connectivity index (χ3n) is 9.77. The second-order valence-corrected chi connectivity index (χ2v) is 15.5. The van der Waals surface area contributed by atoms with Gasteiger partial charge in [0.05, 0.1) is 23.4 Å². The second-order valence-electron chi connectivity index (χ2n) is 14.6.